The Kier molecular flexibility index (Phi) is 9.84. The third-order valence-corrected chi connectivity index (χ3v) is 7.85. The van der Waals surface area contributed by atoms with Crippen molar-refractivity contribution in [2.75, 3.05) is 65.4 Å². The molecule has 0 unspecified atom stereocenters. The molecule has 3 fully saturated rings. The molecule has 8 nitrogen and oxygen atoms in total. The first-order valence-electron chi connectivity index (χ1n) is 14.1. The number of hydrogen-bond donors (Lipinski definition) is 0. The second-order valence-electron chi connectivity index (χ2n) is 11.9. The van der Waals surface area contributed by atoms with Crippen LogP contribution in [0.5, 0.6) is 0 Å². The maximum Gasteiger partial charge on any atom is 0.410 e. The number of benzene rings is 1. The van der Waals surface area contributed by atoms with Gasteiger partial charge in [0.25, 0.3) is 0 Å². The van der Waals surface area contributed by atoms with Gasteiger partial charge in [-0.15, -0.1) is 0 Å². The van der Waals surface area contributed by atoms with Crippen LogP contribution >= 0.6 is 0 Å². The zero-order valence-electron chi connectivity index (χ0n) is 23.1. The third-order valence-electron chi connectivity index (χ3n) is 7.85. The zero-order chi connectivity index (χ0) is 26.3. The first kappa shape index (κ1) is 27.9. The predicted octanol–water partition coefficient (Wildman–Crippen LogP) is 3.46. The number of ether oxygens (including phenoxy) is 2. The van der Waals surface area contributed by atoms with Crippen LogP contribution in [0.4, 0.5) is 4.79 Å². The number of piperazine rings is 1. The van der Waals surface area contributed by atoms with Gasteiger partial charge < -0.3 is 19.3 Å². The summed E-state index contributed by atoms with van der Waals surface area (Å²) in [5.41, 5.74) is 0.608. The van der Waals surface area contributed by atoms with Gasteiger partial charge in [0.15, 0.2) is 0 Å². The number of hydrogen-bond acceptors (Lipinski definition) is 7. The highest BCUT2D eigenvalue weighted by Gasteiger charge is 2.31. The first-order valence-corrected chi connectivity index (χ1v) is 14.1. The Bertz CT molecular complexity index is 850. The number of nitrogens with zero attached hydrogens (tertiary/aromatic N) is 4. The molecule has 0 bridgehead atoms. The van der Waals surface area contributed by atoms with Gasteiger partial charge >= 0.3 is 12.1 Å². The molecule has 0 N–H and O–H groups in total. The molecule has 0 aliphatic carbocycles. The molecule has 0 atom stereocenters. The molecule has 3 aliphatic rings. The summed E-state index contributed by atoms with van der Waals surface area (Å²) in [6.45, 7) is 15.3. The van der Waals surface area contributed by atoms with E-state index in [1.165, 1.54) is 19.4 Å². The molecular formula is C29H46N4O4. The van der Waals surface area contributed by atoms with Crippen LogP contribution in [0.15, 0.2) is 30.3 Å². The van der Waals surface area contributed by atoms with Crippen LogP contribution in [0.1, 0.15) is 52.0 Å². The van der Waals surface area contributed by atoms with Gasteiger partial charge in [0.1, 0.15) is 12.2 Å². The summed E-state index contributed by atoms with van der Waals surface area (Å²) in [5.74, 6) is 0.606. The molecule has 206 valence electrons. The molecule has 1 amide bonds. The molecule has 4 rings (SSSR count). The van der Waals surface area contributed by atoms with Gasteiger partial charge in [-0.25, -0.2) is 4.79 Å². The Morgan fingerprint density at radius 2 is 1.46 bits per heavy atom. The van der Waals surface area contributed by atoms with E-state index in [-0.39, 0.29) is 12.1 Å². The Balaban J connectivity index is 1.09. The highest BCUT2D eigenvalue weighted by molar-refractivity contribution is 5.72. The average molecular weight is 515 g/mol. The van der Waals surface area contributed by atoms with Crippen molar-refractivity contribution in [3.8, 4) is 0 Å². The van der Waals surface area contributed by atoms with Crippen molar-refractivity contribution in [3.05, 3.63) is 35.9 Å². The smallest absolute Gasteiger partial charge is 0.410 e. The van der Waals surface area contributed by atoms with Crippen molar-refractivity contribution in [2.45, 2.75) is 64.7 Å². The van der Waals surface area contributed by atoms with Crippen molar-refractivity contribution < 1.29 is 19.1 Å². The number of piperidine rings is 2. The fourth-order valence-electron chi connectivity index (χ4n) is 5.80. The van der Waals surface area contributed by atoms with Crippen molar-refractivity contribution in [1.82, 2.24) is 19.6 Å². The van der Waals surface area contributed by atoms with Crippen LogP contribution in [-0.4, -0.2) is 109 Å². The molecule has 0 aromatic heterocycles. The highest BCUT2D eigenvalue weighted by atomic mass is 16.6. The number of likely N-dealkylation sites (tertiary alicyclic amines) is 2. The van der Waals surface area contributed by atoms with Gasteiger partial charge in [-0.2, -0.15) is 0 Å². The molecule has 8 heteroatoms. The van der Waals surface area contributed by atoms with Gasteiger partial charge in [-0.3, -0.25) is 14.6 Å². The van der Waals surface area contributed by atoms with Gasteiger partial charge in [-0.1, -0.05) is 30.3 Å². The molecule has 1 aromatic rings. The first-order chi connectivity index (χ1) is 17.7. The van der Waals surface area contributed by atoms with E-state index >= 15 is 0 Å². The van der Waals surface area contributed by atoms with Crippen LogP contribution < -0.4 is 0 Å². The SMILES string of the molecule is CC(C)(C)OC(=O)CN1CCC(CN2CCC(N3CCN(C(=O)OCc4ccccc4)CC3)CC2)CC1. The zero-order valence-corrected chi connectivity index (χ0v) is 23.1. The second-order valence-corrected chi connectivity index (χ2v) is 11.9. The fourth-order valence-corrected chi connectivity index (χ4v) is 5.80. The van der Waals surface area contributed by atoms with Gasteiger partial charge in [0.05, 0.1) is 6.54 Å². The summed E-state index contributed by atoms with van der Waals surface area (Å²) in [7, 11) is 0. The van der Waals surface area contributed by atoms with Crippen molar-refractivity contribution in [1.29, 1.82) is 0 Å². The Morgan fingerprint density at radius 3 is 2.08 bits per heavy atom. The molecular weight excluding hydrogens is 468 g/mol. The van der Waals surface area contributed by atoms with E-state index in [9.17, 15) is 9.59 Å². The molecule has 3 heterocycles. The third kappa shape index (κ3) is 8.97. The molecule has 0 radical (unpaired) electrons. The average Bonchev–Trinajstić information content (AvgIpc) is 2.88. The minimum Gasteiger partial charge on any atom is -0.459 e. The summed E-state index contributed by atoms with van der Waals surface area (Å²) in [4.78, 5) is 33.9. The maximum absolute atomic E-state index is 12.5. The lowest BCUT2D eigenvalue weighted by molar-refractivity contribution is -0.156. The van der Waals surface area contributed by atoms with Crippen LogP contribution in [-0.2, 0) is 20.9 Å². The summed E-state index contributed by atoms with van der Waals surface area (Å²) in [6.07, 6.45) is 4.53. The van der Waals surface area contributed by atoms with Crippen molar-refractivity contribution in [3.63, 3.8) is 0 Å². The lowest BCUT2D eigenvalue weighted by atomic mass is 9.94. The lowest BCUT2D eigenvalue weighted by Crippen LogP contribution is -2.54. The quantitative estimate of drug-likeness (QED) is 0.517. The van der Waals surface area contributed by atoms with Gasteiger partial charge in [0, 0.05) is 38.8 Å². The van der Waals surface area contributed by atoms with Gasteiger partial charge in [0.2, 0.25) is 0 Å². The molecule has 37 heavy (non-hydrogen) atoms. The summed E-state index contributed by atoms with van der Waals surface area (Å²) < 4.78 is 11.0. The van der Waals surface area contributed by atoms with Crippen LogP contribution in [0.25, 0.3) is 0 Å². The minimum absolute atomic E-state index is 0.113. The topological polar surface area (TPSA) is 65.6 Å². The summed E-state index contributed by atoms with van der Waals surface area (Å²) in [5, 5.41) is 0. The fraction of sp³-hybridized carbons (Fsp3) is 0.724. The largest absolute Gasteiger partial charge is 0.459 e. The second kappa shape index (κ2) is 13.1. The Hall–Kier alpha value is -2.16. The van der Waals surface area contributed by atoms with Crippen molar-refractivity contribution >= 4 is 12.1 Å². The Morgan fingerprint density at radius 1 is 0.838 bits per heavy atom. The number of carbonyl (C=O) groups is 2. The van der Waals surface area contributed by atoms with E-state index in [1.807, 2.05) is 56.0 Å². The van der Waals surface area contributed by atoms with E-state index in [0.29, 0.717) is 19.2 Å². The summed E-state index contributed by atoms with van der Waals surface area (Å²) in [6, 6.07) is 10.5. The lowest BCUT2D eigenvalue weighted by Gasteiger charge is -2.43. The number of carbonyl (C=O) groups excluding carboxylic acids is 2. The molecule has 0 saturated carbocycles. The molecule has 0 spiro atoms. The van der Waals surface area contributed by atoms with Crippen LogP contribution in [0.3, 0.4) is 0 Å². The normalized spacial score (nSPS) is 21.6. The maximum atomic E-state index is 12.5. The van der Waals surface area contributed by atoms with Crippen LogP contribution in [0.2, 0.25) is 0 Å². The number of amides is 1. The standard InChI is InChI=1S/C29H46N4O4/c1-29(2,3)37-27(34)22-31-13-9-24(10-14-31)21-30-15-11-26(12-16-30)32-17-19-33(20-18-32)28(35)36-23-25-7-5-4-6-8-25/h4-8,24,26H,9-23H2,1-3H3. The minimum atomic E-state index is -0.413. The van der Waals surface area contributed by atoms with Crippen LogP contribution in [0, 0.1) is 5.92 Å². The molecule has 1 aromatic carbocycles. The monoisotopic (exact) mass is 514 g/mol. The van der Waals surface area contributed by atoms with E-state index in [4.69, 9.17) is 9.47 Å². The van der Waals surface area contributed by atoms with E-state index in [2.05, 4.69) is 14.7 Å². The summed E-state index contributed by atoms with van der Waals surface area (Å²) >= 11 is 0. The number of esters is 1. The van der Waals surface area contributed by atoms with E-state index in [1.54, 1.807) is 0 Å². The van der Waals surface area contributed by atoms with Crippen molar-refractivity contribution in [2.24, 2.45) is 5.92 Å². The van der Waals surface area contributed by atoms with E-state index < -0.39 is 5.60 Å². The highest BCUT2D eigenvalue weighted by Crippen LogP contribution is 2.23. The number of rotatable bonds is 7. The predicted molar refractivity (Wildman–Crippen MR) is 144 cm³/mol. The van der Waals surface area contributed by atoms with Gasteiger partial charge in [-0.05, 0) is 84.1 Å². The Labute approximate surface area is 222 Å². The molecule has 3 saturated heterocycles. The molecule has 3 aliphatic heterocycles. The van der Waals surface area contributed by atoms with E-state index in [0.717, 1.165) is 76.7 Å².